The minimum Gasteiger partial charge on any atom is -0.368 e. The maximum Gasteiger partial charge on any atom is 0.234 e. The number of carbonyl (C=O) groups is 1. The first-order valence-electron chi connectivity index (χ1n) is 7.80. The number of carbonyl (C=O) groups excluding carboxylic acids is 1. The predicted molar refractivity (Wildman–Crippen MR) is 83.7 cm³/mol. The van der Waals surface area contributed by atoms with Crippen LogP contribution in [0.1, 0.15) is 39.0 Å². The third-order valence-corrected chi connectivity index (χ3v) is 4.58. The molecule has 0 radical (unpaired) electrons. The molecule has 3 N–H and O–H groups in total. The smallest absolute Gasteiger partial charge is 0.234 e. The van der Waals surface area contributed by atoms with Crippen LogP contribution in [0.4, 0.5) is 0 Å². The van der Waals surface area contributed by atoms with Gasteiger partial charge in [0, 0.05) is 12.1 Å². The van der Waals surface area contributed by atoms with Crippen LogP contribution in [0.2, 0.25) is 0 Å². The van der Waals surface area contributed by atoms with Crippen molar-refractivity contribution in [2.75, 3.05) is 40.8 Å². The fraction of sp³-hybridized carbons (Fsp3) is 0.933. The third kappa shape index (κ3) is 4.72. The highest BCUT2D eigenvalue weighted by Gasteiger charge is 2.39. The van der Waals surface area contributed by atoms with E-state index in [1.54, 1.807) is 0 Å². The van der Waals surface area contributed by atoms with Gasteiger partial charge in [0.1, 0.15) is 0 Å². The van der Waals surface area contributed by atoms with Gasteiger partial charge in [0.15, 0.2) is 0 Å². The Bertz CT molecular complexity index is 302. The molecule has 1 fully saturated rings. The molecule has 1 amide bonds. The number of amides is 1. The van der Waals surface area contributed by atoms with Gasteiger partial charge in [-0.3, -0.25) is 4.79 Å². The third-order valence-electron chi connectivity index (χ3n) is 4.58. The lowest BCUT2D eigenvalue weighted by Crippen LogP contribution is -2.57. The summed E-state index contributed by atoms with van der Waals surface area (Å²) < 4.78 is 0. The molecule has 20 heavy (non-hydrogen) atoms. The van der Waals surface area contributed by atoms with Crippen molar-refractivity contribution in [2.24, 2.45) is 5.73 Å². The highest BCUT2D eigenvalue weighted by Crippen LogP contribution is 2.36. The fourth-order valence-corrected chi connectivity index (χ4v) is 2.93. The first-order valence-corrected chi connectivity index (χ1v) is 7.80. The molecule has 0 aromatic carbocycles. The molecule has 0 aliphatic heterocycles. The number of nitrogens with one attached hydrogen (secondary N) is 1. The van der Waals surface area contributed by atoms with Gasteiger partial charge in [-0.2, -0.15) is 0 Å². The Morgan fingerprint density at radius 2 is 2.00 bits per heavy atom. The highest BCUT2D eigenvalue weighted by molar-refractivity contribution is 5.79. The molecule has 0 aromatic heterocycles. The average Bonchev–Trinajstić information content (AvgIpc) is 2.32. The number of nitrogens with zero attached hydrogens (tertiary/aromatic N) is 2. The molecule has 0 spiro atoms. The predicted octanol–water partition coefficient (Wildman–Crippen LogP) is 0.646. The van der Waals surface area contributed by atoms with Crippen LogP contribution in [0.15, 0.2) is 0 Å². The quantitative estimate of drug-likeness (QED) is 0.618. The Kier molecular flexibility index (Phi) is 6.92. The van der Waals surface area contributed by atoms with E-state index in [4.69, 9.17) is 5.73 Å². The van der Waals surface area contributed by atoms with Crippen molar-refractivity contribution < 1.29 is 4.79 Å². The van der Waals surface area contributed by atoms with Crippen molar-refractivity contribution in [3.63, 3.8) is 0 Å². The van der Waals surface area contributed by atoms with Crippen molar-refractivity contribution in [1.82, 2.24) is 15.1 Å². The largest absolute Gasteiger partial charge is 0.368 e. The summed E-state index contributed by atoms with van der Waals surface area (Å²) in [5.74, 6) is -0.238. The number of hydrogen-bond acceptors (Lipinski definition) is 4. The van der Waals surface area contributed by atoms with Gasteiger partial charge in [0.25, 0.3) is 0 Å². The zero-order valence-electron chi connectivity index (χ0n) is 13.6. The Hall–Kier alpha value is -0.650. The lowest BCUT2D eigenvalue weighted by molar-refractivity contribution is -0.120. The van der Waals surface area contributed by atoms with E-state index in [2.05, 4.69) is 43.2 Å². The molecule has 5 nitrogen and oxygen atoms in total. The van der Waals surface area contributed by atoms with Gasteiger partial charge < -0.3 is 20.9 Å². The van der Waals surface area contributed by atoms with Crippen LogP contribution in [0.25, 0.3) is 0 Å². The van der Waals surface area contributed by atoms with E-state index in [0.29, 0.717) is 5.54 Å². The standard InChI is InChI=1S/C15H32N4O/c1-5-10-17-13(14(16)20)7-11-19(4)12-15(18(2)3)8-6-9-15/h13,17H,5-12H2,1-4H3,(H2,16,20). The van der Waals surface area contributed by atoms with Crippen molar-refractivity contribution in [2.45, 2.75) is 50.6 Å². The number of primary amides is 1. The van der Waals surface area contributed by atoms with Crippen LogP contribution >= 0.6 is 0 Å². The van der Waals surface area contributed by atoms with E-state index in [1.165, 1.54) is 19.3 Å². The van der Waals surface area contributed by atoms with Crippen molar-refractivity contribution in [3.05, 3.63) is 0 Å². The summed E-state index contributed by atoms with van der Waals surface area (Å²) in [7, 11) is 6.48. The second-order valence-corrected chi connectivity index (χ2v) is 6.41. The van der Waals surface area contributed by atoms with Gasteiger partial charge in [0.05, 0.1) is 6.04 Å². The first kappa shape index (κ1) is 17.4. The number of rotatable bonds is 10. The Labute approximate surface area is 123 Å². The van der Waals surface area contributed by atoms with Crippen LogP contribution in [-0.2, 0) is 4.79 Å². The van der Waals surface area contributed by atoms with Crippen molar-refractivity contribution >= 4 is 5.91 Å². The monoisotopic (exact) mass is 284 g/mol. The molecule has 0 saturated heterocycles. The maximum absolute atomic E-state index is 11.4. The summed E-state index contributed by atoms with van der Waals surface area (Å²) in [4.78, 5) is 16.1. The molecule has 1 saturated carbocycles. The SMILES string of the molecule is CCCNC(CCN(C)CC1(N(C)C)CCC1)C(N)=O. The first-order chi connectivity index (χ1) is 9.41. The second-order valence-electron chi connectivity index (χ2n) is 6.41. The molecule has 0 aromatic rings. The molecular formula is C15H32N4O. The lowest BCUT2D eigenvalue weighted by Gasteiger charge is -2.49. The van der Waals surface area contributed by atoms with Gasteiger partial charge >= 0.3 is 0 Å². The molecule has 1 rings (SSSR count). The highest BCUT2D eigenvalue weighted by atomic mass is 16.1. The number of nitrogens with two attached hydrogens (primary N) is 1. The van der Waals surface area contributed by atoms with Gasteiger partial charge in [-0.15, -0.1) is 0 Å². The molecule has 118 valence electrons. The molecule has 1 aliphatic carbocycles. The molecule has 0 heterocycles. The van der Waals surface area contributed by atoms with Crippen LogP contribution < -0.4 is 11.1 Å². The maximum atomic E-state index is 11.4. The summed E-state index contributed by atoms with van der Waals surface area (Å²) in [6.07, 6.45) is 5.68. The van der Waals surface area contributed by atoms with Gasteiger partial charge in [-0.25, -0.2) is 0 Å². The Morgan fingerprint density at radius 1 is 1.35 bits per heavy atom. The van der Waals surface area contributed by atoms with Gasteiger partial charge in [-0.05, 0) is 66.3 Å². The summed E-state index contributed by atoms with van der Waals surface area (Å²) in [5, 5.41) is 3.23. The zero-order chi connectivity index (χ0) is 15.2. The van der Waals surface area contributed by atoms with E-state index < -0.39 is 0 Å². The van der Waals surface area contributed by atoms with E-state index in [0.717, 1.165) is 32.5 Å². The second kappa shape index (κ2) is 7.96. The average molecular weight is 284 g/mol. The van der Waals surface area contributed by atoms with E-state index in [1.807, 2.05) is 0 Å². The summed E-state index contributed by atoms with van der Waals surface area (Å²) >= 11 is 0. The minimum absolute atomic E-state index is 0.200. The fourth-order valence-electron chi connectivity index (χ4n) is 2.93. The molecule has 0 bridgehead atoms. The van der Waals surface area contributed by atoms with Crippen LogP contribution in [0.5, 0.6) is 0 Å². The Balaban J connectivity index is 2.37. The van der Waals surface area contributed by atoms with Crippen molar-refractivity contribution in [1.29, 1.82) is 0 Å². The van der Waals surface area contributed by atoms with Gasteiger partial charge in [-0.1, -0.05) is 6.92 Å². The number of likely N-dealkylation sites (N-methyl/N-ethyl adjacent to an activating group) is 2. The topological polar surface area (TPSA) is 61.6 Å². The summed E-state index contributed by atoms with van der Waals surface area (Å²) in [6.45, 7) is 4.91. The minimum atomic E-state index is -0.238. The summed E-state index contributed by atoms with van der Waals surface area (Å²) in [6, 6.07) is -0.200. The van der Waals surface area contributed by atoms with E-state index in [-0.39, 0.29) is 11.9 Å². The summed E-state index contributed by atoms with van der Waals surface area (Å²) in [5.41, 5.74) is 5.79. The van der Waals surface area contributed by atoms with Crippen LogP contribution in [0.3, 0.4) is 0 Å². The molecular weight excluding hydrogens is 252 g/mol. The van der Waals surface area contributed by atoms with Crippen molar-refractivity contribution in [3.8, 4) is 0 Å². The van der Waals surface area contributed by atoms with Gasteiger partial charge in [0.2, 0.25) is 5.91 Å². The van der Waals surface area contributed by atoms with Crippen LogP contribution in [0, 0.1) is 0 Å². The Morgan fingerprint density at radius 3 is 2.40 bits per heavy atom. The lowest BCUT2D eigenvalue weighted by atomic mass is 9.75. The van der Waals surface area contributed by atoms with E-state index >= 15 is 0 Å². The zero-order valence-corrected chi connectivity index (χ0v) is 13.6. The normalized spacial score (nSPS) is 19.1. The molecule has 1 aliphatic rings. The van der Waals surface area contributed by atoms with Crippen LogP contribution in [-0.4, -0.2) is 68.1 Å². The van der Waals surface area contributed by atoms with E-state index in [9.17, 15) is 4.79 Å². The number of hydrogen-bond donors (Lipinski definition) is 2. The molecule has 5 heteroatoms. The molecule has 1 unspecified atom stereocenters. The molecule has 1 atom stereocenters.